The first-order valence-electron chi connectivity index (χ1n) is 5.24. The second-order valence-corrected chi connectivity index (χ2v) is 3.76. The summed E-state index contributed by atoms with van der Waals surface area (Å²) in [7, 11) is 0. The van der Waals surface area contributed by atoms with Crippen molar-refractivity contribution in [3.05, 3.63) is 59.2 Å². The van der Waals surface area contributed by atoms with Crippen molar-refractivity contribution < 1.29 is 13.5 Å². The SMILES string of the molecule is Cc1cc(F)ccc1Oc1ccc(F)cc1C#N. The first kappa shape index (κ1) is 12.1. The fourth-order valence-corrected chi connectivity index (χ4v) is 1.52. The highest BCUT2D eigenvalue weighted by Crippen LogP contribution is 2.28. The fourth-order valence-electron chi connectivity index (χ4n) is 1.52. The van der Waals surface area contributed by atoms with Gasteiger partial charge in [-0.25, -0.2) is 8.78 Å². The van der Waals surface area contributed by atoms with Gasteiger partial charge in [-0.15, -0.1) is 0 Å². The van der Waals surface area contributed by atoms with Gasteiger partial charge < -0.3 is 4.74 Å². The van der Waals surface area contributed by atoms with Gasteiger partial charge >= 0.3 is 0 Å². The van der Waals surface area contributed by atoms with Gasteiger partial charge in [0.05, 0.1) is 5.56 Å². The summed E-state index contributed by atoms with van der Waals surface area (Å²) in [6.45, 7) is 1.69. The van der Waals surface area contributed by atoms with E-state index in [1.807, 2.05) is 6.07 Å². The lowest BCUT2D eigenvalue weighted by molar-refractivity contribution is 0.473. The van der Waals surface area contributed by atoms with Crippen molar-refractivity contribution >= 4 is 0 Å². The van der Waals surface area contributed by atoms with E-state index < -0.39 is 5.82 Å². The van der Waals surface area contributed by atoms with Gasteiger partial charge in [0.2, 0.25) is 0 Å². The second-order valence-electron chi connectivity index (χ2n) is 3.76. The molecule has 0 bridgehead atoms. The van der Waals surface area contributed by atoms with E-state index in [0.29, 0.717) is 11.3 Å². The van der Waals surface area contributed by atoms with Crippen molar-refractivity contribution in [1.82, 2.24) is 0 Å². The largest absolute Gasteiger partial charge is 0.456 e. The monoisotopic (exact) mass is 245 g/mol. The van der Waals surface area contributed by atoms with E-state index in [1.54, 1.807) is 6.92 Å². The molecule has 2 aromatic rings. The third-order valence-electron chi connectivity index (χ3n) is 2.42. The average molecular weight is 245 g/mol. The molecule has 0 aliphatic rings. The van der Waals surface area contributed by atoms with Gasteiger partial charge in [0.25, 0.3) is 0 Å². The van der Waals surface area contributed by atoms with Crippen LogP contribution >= 0.6 is 0 Å². The molecule has 0 aromatic heterocycles. The molecule has 0 saturated heterocycles. The van der Waals surface area contributed by atoms with Crippen molar-refractivity contribution in [2.45, 2.75) is 6.92 Å². The molecule has 0 aliphatic heterocycles. The lowest BCUT2D eigenvalue weighted by Gasteiger charge is -2.09. The summed E-state index contributed by atoms with van der Waals surface area (Å²) in [5, 5.41) is 8.88. The van der Waals surface area contributed by atoms with Crippen LogP contribution in [0.15, 0.2) is 36.4 Å². The minimum absolute atomic E-state index is 0.0960. The molecule has 2 nitrogen and oxygen atoms in total. The third-order valence-corrected chi connectivity index (χ3v) is 2.42. The molecular weight excluding hydrogens is 236 g/mol. The van der Waals surface area contributed by atoms with Crippen LogP contribution in [0.5, 0.6) is 11.5 Å². The Bertz CT molecular complexity index is 632. The minimum Gasteiger partial charge on any atom is -0.456 e. The van der Waals surface area contributed by atoms with E-state index in [9.17, 15) is 8.78 Å². The van der Waals surface area contributed by atoms with E-state index in [2.05, 4.69) is 0 Å². The summed E-state index contributed by atoms with van der Waals surface area (Å²) in [4.78, 5) is 0. The number of aryl methyl sites for hydroxylation is 1. The van der Waals surface area contributed by atoms with Crippen molar-refractivity contribution in [3.8, 4) is 17.6 Å². The van der Waals surface area contributed by atoms with Crippen molar-refractivity contribution in [1.29, 1.82) is 5.26 Å². The topological polar surface area (TPSA) is 33.0 Å². The van der Waals surface area contributed by atoms with Crippen LogP contribution in [0.25, 0.3) is 0 Å². The minimum atomic E-state index is -0.505. The molecular formula is C14H9F2NO. The Morgan fingerprint density at radius 3 is 2.22 bits per heavy atom. The summed E-state index contributed by atoms with van der Waals surface area (Å²) in [6.07, 6.45) is 0. The second kappa shape index (κ2) is 4.84. The molecule has 0 N–H and O–H groups in total. The molecule has 0 heterocycles. The molecule has 0 atom stereocenters. The molecule has 0 aliphatic carbocycles. The Morgan fingerprint density at radius 1 is 1.00 bits per heavy atom. The molecule has 0 spiro atoms. The maximum atomic E-state index is 12.9. The van der Waals surface area contributed by atoms with Crippen LogP contribution in [-0.2, 0) is 0 Å². The molecule has 2 aromatic carbocycles. The van der Waals surface area contributed by atoms with Gasteiger partial charge in [-0.1, -0.05) is 0 Å². The van der Waals surface area contributed by atoms with Gasteiger partial charge in [0, 0.05) is 0 Å². The number of nitrogens with zero attached hydrogens (tertiary/aromatic N) is 1. The van der Waals surface area contributed by atoms with Gasteiger partial charge in [-0.3, -0.25) is 0 Å². The number of ether oxygens (including phenoxy) is 1. The molecule has 0 fully saturated rings. The Labute approximate surface area is 103 Å². The Kier molecular flexibility index (Phi) is 3.24. The number of benzene rings is 2. The zero-order valence-electron chi connectivity index (χ0n) is 9.58. The van der Waals surface area contributed by atoms with Gasteiger partial charge in [-0.2, -0.15) is 5.26 Å². The molecule has 2 rings (SSSR count). The molecule has 0 amide bonds. The highest BCUT2D eigenvalue weighted by atomic mass is 19.1. The van der Waals surface area contributed by atoms with E-state index in [1.165, 1.54) is 30.3 Å². The summed E-state index contributed by atoms with van der Waals surface area (Å²) in [6, 6.07) is 9.57. The van der Waals surface area contributed by atoms with Crippen LogP contribution in [-0.4, -0.2) is 0 Å². The van der Waals surface area contributed by atoms with Crippen molar-refractivity contribution in [3.63, 3.8) is 0 Å². The van der Waals surface area contributed by atoms with E-state index in [4.69, 9.17) is 10.00 Å². The zero-order valence-corrected chi connectivity index (χ0v) is 9.58. The normalized spacial score (nSPS) is 9.89. The van der Waals surface area contributed by atoms with Crippen LogP contribution in [0.3, 0.4) is 0 Å². The van der Waals surface area contributed by atoms with Gasteiger partial charge in [0.1, 0.15) is 29.2 Å². The first-order valence-corrected chi connectivity index (χ1v) is 5.24. The number of rotatable bonds is 2. The average Bonchev–Trinajstić information content (AvgIpc) is 2.34. The predicted octanol–water partition coefficient (Wildman–Crippen LogP) is 3.94. The zero-order chi connectivity index (χ0) is 13.1. The fraction of sp³-hybridized carbons (Fsp3) is 0.0714. The van der Waals surface area contributed by atoms with Crippen LogP contribution in [0.2, 0.25) is 0 Å². The van der Waals surface area contributed by atoms with Crippen molar-refractivity contribution in [2.75, 3.05) is 0 Å². The first-order chi connectivity index (χ1) is 8.60. The summed E-state index contributed by atoms with van der Waals surface area (Å²) >= 11 is 0. The Morgan fingerprint density at radius 2 is 1.61 bits per heavy atom. The number of hydrogen-bond donors (Lipinski definition) is 0. The molecule has 0 radical (unpaired) electrons. The lowest BCUT2D eigenvalue weighted by Crippen LogP contribution is -1.92. The molecule has 0 unspecified atom stereocenters. The van der Waals surface area contributed by atoms with Crippen LogP contribution in [0, 0.1) is 29.9 Å². The molecule has 4 heteroatoms. The molecule has 18 heavy (non-hydrogen) atoms. The van der Waals surface area contributed by atoms with Gasteiger partial charge in [-0.05, 0) is 48.9 Å². The van der Waals surface area contributed by atoms with E-state index in [0.717, 1.165) is 6.07 Å². The molecule has 90 valence electrons. The van der Waals surface area contributed by atoms with E-state index >= 15 is 0 Å². The maximum absolute atomic E-state index is 12.9. The highest BCUT2D eigenvalue weighted by molar-refractivity contribution is 5.46. The highest BCUT2D eigenvalue weighted by Gasteiger charge is 2.08. The maximum Gasteiger partial charge on any atom is 0.145 e. The smallest absolute Gasteiger partial charge is 0.145 e. The van der Waals surface area contributed by atoms with Crippen LogP contribution in [0.4, 0.5) is 8.78 Å². The van der Waals surface area contributed by atoms with Gasteiger partial charge in [0.15, 0.2) is 0 Å². The van der Waals surface area contributed by atoms with Crippen LogP contribution in [0.1, 0.15) is 11.1 Å². The van der Waals surface area contributed by atoms with Crippen molar-refractivity contribution in [2.24, 2.45) is 0 Å². The van der Waals surface area contributed by atoms with Crippen LogP contribution < -0.4 is 4.74 Å². The number of halogens is 2. The van der Waals surface area contributed by atoms with E-state index in [-0.39, 0.29) is 17.1 Å². The Hall–Kier alpha value is -2.41. The number of nitriles is 1. The summed E-state index contributed by atoms with van der Waals surface area (Å²) in [5.41, 5.74) is 0.696. The molecule has 0 saturated carbocycles. The quantitative estimate of drug-likeness (QED) is 0.802. The standard InChI is InChI=1S/C14H9F2NO/c1-9-6-11(15)2-4-13(9)18-14-5-3-12(16)7-10(14)8-17/h2-7H,1H3. The predicted molar refractivity (Wildman–Crippen MR) is 62.3 cm³/mol. The Balaban J connectivity index is 2.37. The number of hydrogen-bond acceptors (Lipinski definition) is 2. The summed E-state index contributed by atoms with van der Waals surface area (Å²) < 4.78 is 31.4. The third kappa shape index (κ3) is 2.46. The lowest BCUT2D eigenvalue weighted by atomic mass is 10.2. The summed E-state index contributed by atoms with van der Waals surface area (Å²) in [5.74, 6) is -0.192.